The van der Waals surface area contributed by atoms with Gasteiger partial charge in [-0.15, -0.1) is 0 Å². The summed E-state index contributed by atoms with van der Waals surface area (Å²) >= 11 is 0. The van der Waals surface area contributed by atoms with E-state index in [9.17, 15) is 4.79 Å². The molecule has 20 heavy (non-hydrogen) atoms. The van der Waals surface area contributed by atoms with Gasteiger partial charge >= 0.3 is 5.97 Å². The van der Waals surface area contributed by atoms with Gasteiger partial charge in [-0.05, 0) is 49.9 Å². The number of nitrogens with zero attached hydrogens (tertiary/aromatic N) is 1. The van der Waals surface area contributed by atoms with Crippen LogP contribution in [0.15, 0.2) is 12.1 Å². The first-order valence-electron chi connectivity index (χ1n) is 7.07. The molecule has 0 aliphatic carbocycles. The number of rotatable bonds is 4. The van der Waals surface area contributed by atoms with Gasteiger partial charge in [-0.1, -0.05) is 13.8 Å². The molecule has 1 unspecified atom stereocenters. The highest BCUT2D eigenvalue weighted by Crippen LogP contribution is 2.27. The molecular weight excluding hydrogens is 252 g/mol. The molecule has 0 spiro atoms. The first kappa shape index (κ1) is 14.6. The molecule has 0 saturated carbocycles. The van der Waals surface area contributed by atoms with Gasteiger partial charge in [0.05, 0.1) is 17.6 Å². The van der Waals surface area contributed by atoms with Gasteiger partial charge in [0.25, 0.3) is 0 Å². The van der Waals surface area contributed by atoms with E-state index in [1.54, 1.807) is 0 Å². The number of aryl methyl sites for hydroxylation is 2. The van der Waals surface area contributed by atoms with Crippen LogP contribution in [0.3, 0.4) is 0 Å². The van der Waals surface area contributed by atoms with E-state index in [-0.39, 0.29) is 17.8 Å². The zero-order valence-corrected chi connectivity index (χ0v) is 12.8. The van der Waals surface area contributed by atoms with Crippen LogP contribution in [0.1, 0.15) is 43.6 Å². The molecule has 2 aromatic rings. The van der Waals surface area contributed by atoms with Crippen LogP contribution in [0, 0.1) is 19.8 Å². The number of esters is 1. The van der Waals surface area contributed by atoms with Crippen molar-refractivity contribution in [3.8, 4) is 0 Å². The summed E-state index contributed by atoms with van der Waals surface area (Å²) < 4.78 is 5.16. The minimum absolute atomic E-state index is 0.136. The smallest absolute Gasteiger partial charge is 0.316 e. The van der Waals surface area contributed by atoms with Crippen LogP contribution >= 0.6 is 0 Å². The quantitative estimate of drug-likeness (QED) is 0.868. The fourth-order valence-corrected chi connectivity index (χ4v) is 2.37. The number of imidazole rings is 1. The molecule has 1 atom stereocenters. The summed E-state index contributed by atoms with van der Waals surface area (Å²) in [6, 6.07) is 4.12. The Morgan fingerprint density at radius 1 is 1.30 bits per heavy atom. The molecule has 1 aromatic heterocycles. The van der Waals surface area contributed by atoms with Crippen LogP contribution in [0.2, 0.25) is 0 Å². The van der Waals surface area contributed by atoms with Crippen molar-refractivity contribution < 1.29 is 9.53 Å². The minimum atomic E-state index is -0.344. The summed E-state index contributed by atoms with van der Waals surface area (Å²) in [6.45, 7) is 10.4. The lowest BCUT2D eigenvalue weighted by Crippen LogP contribution is -2.22. The number of fused-ring (bicyclic) bond motifs is 1. The molecular formula is C16H22N2O2. The van der Waals surface area contributed by atoms with E-state index in [1.807, 2.05) is 26.8 Å². The third kappa shape index (κ3) is 2.69. The monoisotopic (exact) mass is 274 g/mol. The Labute approximate surface area is 119 Å². The molecule has 0 aliphatic rings. The first-order valence-corrected chi connectivity index (χ1v) is 7.07. The predicted octanol–water partition coefficient (Wildman–Crippen LogP) is 3.48. The minimum Gasteiger partial charge on any atom is -0.465 e. The lowest BCUT2D eigenvalue weighted by molar-refractivity contribution is -0.146. The van der Waals surface area contributed by atoms with Crippen LogP contribution in [0.25, 0.3) is 11.0 Å². The third-order valence-electron chi connectivity index (χ3n) is 3.62. The van der Waals surface area contributed by atoms with Crippen LogP contribution in [0.4, 0.5) is 0 Å². The Hall–Kier alpha value is -1.84. The van der Waals surface area contributed by atoms with Gasteiger partial charge in [-0.3, -0.25) is 4.79 Å². The number of hydrogen-bond acceptors (Lipinski definition) is 3. The summed E-state index contributed by atoms with van der Waals surface area (Å²) in [5.74, 6) is 0.271. The van der Waals surface area contributed by atoms with Gasteiger partial charge in [0.2, 0.25) is 0 Å². The highest BCUT2D eigenvalue weighted by Gasteiger charge is 2.28. The van der Waals surface area contributed by atoms with E-state index >= 15 is 0 Å². The molecule has 0 fully saturated rings. The van der Waals surface area contributed by atoms with Crippen molar-refractivity contribution in [3.05, 3.63) is 29.1 Å². The standard InChI is InChI=1S/C16H22N2O2/c1-6-20-16(19)14(9(2)3)15-17-12-7-10(4)11(5)8-13(12)18-15/h7-9,14H,6H2,1-5H3,(H,17,18). The Balaban J connectivity index is 2.46. The second-order valence-electron chi connectivity index (χ2n) is 5.55. The fourth-order valence-electron chi connectivity index (χ4n) is 2.37. The molecule has 1 aromatic carbocycles. The van der Waals surface area contributed by atoms with Gasteiger partial charge < -0.3 is 9.72 Å². The highest BCUT2D eigenvalue weighted by molar-refractivity contribution is 5.81. The van der Waals surface area contributed by atoms with Gasteiger partial charge in [-0.25, -0.2) is 4.98 Å². The van der Waals surface area contributed by atoms with Crippen LogP contribution in [-0.4, -0.2) is 22.5 Å². The van der Waals surface area contributed by atoms with Gasteiger partial charge in [0.15, 0.2) is 0 Å². The van der Waals surface area contributed by atoms with Crippen LogP contribution < -0.4 is 0 Å². The molecule has 4 heteroatoms. The number of hydrogen-bond donors (Lipinski definition) is 1. The maximum Gasteiger partial charge on any atom is 0.316 e. The van der Waals surface area contributed by atoms with Crippen LogP contribution in [0.5, 0.6) is 0 Å². The van der Waals surface area contributed by atoms with Gasteiger partial charge in [0.1, 0.15) is 11.7 Å². The molecule has 0 saturated heterocycles. The largest absolute Gasteiger partial charge is 0.465 e. The molecule has 0 amide bonds. The summed E-state index contributed by atoms with van der Waals surface area (Å²) in [4.78, 5) is 20.0. The molecule has 0 bridgehead atoms. The molecule has 0 aliphatic heterocycles. The maximum atomic E-state index is 12.1. The molecule has 0 radical (unpaired) electrons. The Kier molecular flexibility index (Phi) is 4.12. The summed E-state index contributed by atoms with van der Waals surface area (Å²) in [7, 11) is 0. The Morgan fingerprint density at radius 3 is 2.55 bits per heavy atom. The van der Waals surface area contributed by atoms with Crippen molar-refractivity contribution in [2.24, 2.45) is 5.92 Å². The van der Waals surface area contributed by atoms with E-state index in [0.717, 1.165) is 11.0 Å². The molecule has 1 N–H and O–H groups in total. The maximum absolute atomic E-state index is 12.1. The van der Waals surface area contributed by atoms with Crippen molar-refractivity contribution >= 4 is 17.0 Å². The Morgan fingerprint density at radius 2 is 1.95 bits per heavy atom. The number of aromatic nitrogens is 2. The molecule has 1 heterocycles. The average molecular weight is 274 g/mol. The fraction of sp³-hybridized carbons (Fsp3) is 0.500. The molecule has 2 rings (SSSR count). The summed E-state index contributed by atoms with van der Waals surface area (Å²) in [5.41, 5.74) is 4.29. The van der Waals surface area contributed by atoms with Crippen molar-refractivity contribution in [1.82, 2.24) is 9.97 Å². The van der Waals surface area contributed by atoms with Gasteiger partial charge in [-0.2, -0.15) is 0 Å². The number of carbonyl (C=O) groups excluding carboxylic acids is 1. The predicted molar refractivity (Wildman–Crippen MR) is 79.8 cm³/mol. The highest BCUT2D eigenvalue weighted by atomic mass is 16.5. The first-order chi connectivity index (χ1) is 9.43. The normalized spacial score (nSPS) is 12.9. The third-order valence-corrected chi connectivity index (χ3v) is 3.62. The zero-order valence-electron chi connectivity index (χ0n) is 12.8. The second kappa shape index (κ2) is 5.65. The van der Waals surface area contributed by atoms with Crippen molar-refractivity contribution in [2.75, 3.05) is 6.61 Å². The topological polar surface area (TPSA) is 55.0 Å². The lowest BCUT2D eigenvalue weighted by atomic mass is 9.95. The molecule has 108 valence electrons. The van der Waals surface area contributed by atoms with E-state index in [1.165, 1.54) is 11.1 Å². The summed E-state index contributed by atoms with van der Waals surface area (Å²) in [6.07, 6.45) is 0. The van der Waals surface area contributed by atoms with E-state index < -0.39 is 0 Å². The number of ether oxygens (including phenoxy) is 1. The summed E-state index contributed by atoms with van der Waals surface area (Å²) in [5, 5.41) is 0. The molecule has 4 nitrogen and oxygen atoms in total. The van der Waals surface area contributed by atoms with E-state index in [2.05, 4.69) is 29.9 Å². The number of carbonyl (C=O) groups is 1. The zero-order chi connectivity index (χ0) is 14.9. The van der Waals surface area contributed by atoms with E-state index in [0.29, 0.717) is 12.4 Å². The van der Waals surface area contributed by atoms with Crippen molar-refractivity contribution in [2.45, 2.75) is 40.5 Å². The number of aromatic amines is 1. The number of H-pyrrole nitrogens is 1. The Bertz CT molecular complexity index is 590. The van der Waals surface area contributed by atoms with E-state index in [4.69, 9.17) is 4.74 Å². The SMILES string of the molecule is CCOC(=O)C(c1nc2cc(C)c(C)cc2[nH]1)C(C)C. The average Bonchev–Trinajstić information content (AvgIpc) is 2.72. The van der Waals surface area contributed by atoms with Crippen LogP contribution in [-0.2, 0) is 9.53 Å². The number of benzene rings is 1. The second-order valence-corrected chi connectivity index (χ2v) is 5.55. The van der Waals surface area contributed by atoms with Crippen molar-refractivity contribution in [1.29, 1.82) is 0 Å². The van der Waals surface area contributed by atoms with Crippen molar-refractivity contribution in [3.63, 3.8) is 0 Å². The van der Waals surface area contributed by atoms with Gasteiger partial charge in [0, 0.05) is 0 Å². The number of nitrogens with one attached hydrogen (secondary N) is 1. The lowest BCUT2D eigenvalue weighted by Gasteiger charge is -2.16.